The fraction of sp³-hybridized carbons (Fsp3) is 0.148. The normalized spacial score (nSPS) is 15.9. The molecule has 0 aliphatic carbocycles. The summed E-state index contributed by atoms with van der Waals surface area (Å²) in [5.41, 5.74) is 1.45. The van der Waals surface area contributed by atoms with Crippen LogP contribution in [0.4, 0.5) is 9.93 Å². The first-order valence-corrected chi connectivity index (χ1v) is 12.3. The highest BCUT2D eigenvalue weighted by atomic mass is 32.1. The van der Waals surface area contributed by atoms with Gasteiger partial charge in [-0.05, 0) is 21.9 Å². The van der Waals surface area contributed by atoms with Crippen LogP contribution in [0.5, 0.6) is 0 Å². The number of aromatic nitrogens is 1. The molecule has 2 N–H and O–H groups in total. The van der Waals surface area contributed by atoms with Crippen LogP contribution in [-0.2, 0) is 20.7 Å². The van der Waals surface area contributed by atoms with Crippen LogP contribution in [0.1, 0.15) is 27.7 Å². The molecule has 1 aliphatic rings. The van der Waals surface area contributed by atoms with Crippen LogP contribution in [-0.4, -0.2) is 46.9 Å². The first-order chi connectivity index (χ1) is 17.9. The number of carbonyl (C=O) groups excluding carboxylic acids is 4. The van der Waals surface area contributed by atoms with Crippen LogP contribution in [0.2, 0.25) is 0 Å². The van der Waals surface area contributed by atoms with E-state index in [0.717, 1.165) is 32.6 Å². The van der Waals surface area contributed by atoms with Crippen molar-refractivity contribution in [2.24, 2.45) is 0 Å². The van der Waals surface area contributed by atoms with Gasteiger partial charge < -0.3 is 15.4 Å². The highest BCUT2D eigenvalue weighted by molar-refractivity contribution is 7.14. The molecule has 186 valence electrons. The number of imide groups is 1. The Morgan fingerprint density at radius 2 is 1.78 bits per heavy atom. The third-order valence-corrected chi connectivity index (χ3v) is 6.85. The maximum Gasteiger partial charge on any atom is 0.357 e. The van der Waals surface area contributed by atoms with Crippen molar-refractivity contribution >= 4 is 51.1 Å². The molecule has 5 rings (SSSR count). The highest BCUT2D eigenvalue weighted by Crippen LogP contribution is 2.27. The second kappa shape index (κ2) is 10.2. The fourth-order valence-corrected chi connectivity index (χ4v) is 4.95. The fourth-order valence-electron chi connectivity index (χ4n) is 4.27. The van der Waals surface area contributed by atoms with Gasteiger partial charge in [-0.1, -0.05) is 72.8 Å². The van der Waals surface area contributed by atoms with Gasteiger partial charge in [0.15, 0.2) is 10.8 Å². The molecule has 9 nitrogen and oxygen atoms in total. The number of nitrogens with zero attached hydrogens (tertiary/aromatic N) is 2. The van der Waals surface area contributed by atoms with Crippen molar-refractivity contribution in [3.05, 3.63) is 95.0 Å². The number of anilines is 1. The summed E-state index contributed by atoms with van der Waals surface area (Å²) in [5, 5.41) is 8.97. The van der Waals surface area contributed by atoms with E-state index in [4.69, 9.17) is 0 Å². The van der Waals surface area contributed by atoms with E-state index in [1.807, 2.05) is 48.5 Å². The summed E-state index contributed by atoms with van der Waals surface area (Å²) in [5.74, 6) is -1.76. The zero-order valence-corrected chi connectivity index (χ0v) is 20.5. The predicted octanol–water partition coefficient (Wildman–Crippen LogP) is 3.93. The molecular formula is C27H22N4O5S. The van der Waals surface area contributed by atoms with Crippen LogP contribution in [0.25, 0.3) is 10.8 Å². The van der Waals surface area contributed by atoms with Gasteiger partial charge in [0.1, 0.15) is 12.1 Å². The van der Waals surface area contributed by atoms with E-state index in [9.17, 15) is 19.2 Å². The number of esters is 1. The number of urea groups is 1. The van der Waals surface area contributed by atoms with E-state index in [2.05, 4.69) is 20.4 Å². The third-order valence-electron chi connectivity index (χ3n) is 6.09. The van der Waals surface area contributed by atoms with Crippen molar-refractivity contribution < 1.29 is 23.9 Å². The molecule has 4 aromatic rings. The Kier molecular flexibility index (Phi) is 6.65. The largest absolute Gasteiger partial charge is 0.464 e. The number of thiazole rings is 1. The molecule has 1 aromatic heterocycles. The summed E-state index contributed by atoms with van der Waals surface area (Å²) in [6.07, 6.45) is 0.0899. The highest BCUT2D eigenvalue weighted by Gasteiger charge is 2.45. The predicted molar refractivity (Wildman–Crippen MR) is 138 cm³/mol. The smallest absolute Gasteiger partial charge is 0.357 e. The number of benzene rings is 3. The van der Waals surface area contributed by atoms with E-state index < -0.39 is 35.9 Å². The number of amides is 4. The van der Waals surface area contributed by atoms with Gasteiger partial charge in [-0.25, -0.2) is 19.5 Å². The molecule has 2 heterocycles. The van der Waals surface area contributed by atoms with Gasteiger partial charge >= 0.3 is 12.0 Å². The van der Waals surface area contributed by atoms with Crippen LogP contribution in [0.3, 0.4) is 0 Å². The number of carbonyl (C=O) groups is 4. The van der Waals surface area contributed by atoms with Crippen molar-refractivity contribution in [2.75, 3.05) is 12.4 Å². The topological polar surface area (TPSA) is 118 Å². The summed E-state index contributed by atoms with van der Waals surface area (Å²) < 4.78 is 4.67. The van der Waals surface area contributed by atoms with Crippen LogP contribution >= 0.6 is 11.3 Å². The number of ether oxygens (including phenoxy) is 1. The number of rotatable bonds is 7. The SMILES string of the molecule is COC(=O)c1csc(NC(=O)[C@H](Cc2ccc3ccccc3c2)N2C(=O)N[C@@H](c3ccccc3)C2=O)n1. The van der Waals surface area contributed by atoms with Crippen LogP contribution in [0, 0.1) is 0 Å². The Morgan fingerprint density at radius 1 is 1.05 bits per heavy atom. The van der Waals surface area contributed by atoms with Crippen molar-refractivity contribution in [3.8, 4) is 0 Å². The lowest BCUT2D eigenvalue weighted by Gasteiger charge is -2.24. The van der Waals surface area contributed by atoms with Crippen LogP contribution < -0.4 is 10.6 Å². The van der Waals surface area contributed by atoms with Gasteiger partial charge in [-0.15, -0.1) is 11.3 Å². The van der Waals surface area contributed by atoms with E-state index in [-0.39, 0.29) is 17.2 Å². The Morgan fingerprint density at radius 3 is 2.54 bits per heavy atom. The monoisotopic (exact) mass is 514 g/mol. The molecule has 3 aromatic carbocycles. The van der Waals surface area contributed by atoms with Gasteiger partial charge in [0.2, 0.25) is 5.91 Å². The quantitative estimate of drug-likeness (QED) is 0.285. The maximum atomic E-state index is 13.5. The molecule has 0 saturated carbocycles. The summed E-state index contributed by atoms with van der Waals surface area (Å²) in [6, 6.07) is 19.7. The molecule has 0 bridgehead atoms. The second-order valence-corrected chi connectivity index (χ2v) is 9.28. The summed E-state index contributed by atoms with van der Waals surface area (Å²) in [7, 11) is 1.24. The summed E-state index contributed by atoms with van der Waals surface area (Å²) in [4.78, 5) is 56.8. The minimum Gasteiger partial charge on any atom is -0.464 e. The lowest BCUT2D eigenvalue weighted by molar-refractivity contribution is -0.134. The molecule has 0 spiro atoms. The molecule has 2 atom stereocenters. The average molecular weight is 515 g/mol. The van der Waals surface area contributed by atoms with Crippen LogP contribution in [0.15, 0.2) is 78.2 Å². The first kappa shape index (κ1) is 24.1. The van der Waals surface area contributed by atoms with Crippen molar-refractivity contribution in [1.29, 1.82) is 0 Å². The standard InChI is InChI=1S/C27H22N4O5S/c1-36-25(34)20-15-37-26(28-20)30-23(32)21(14-16-11-12-17-7-5-6-10-19(17)13-16)31-24(33)22(29-27(31)35)18-8-3-2-4-9-18/h2-13,15,21-22H,14H2,1H3,(H,29,35)(H,28,30,32)/t21-,22-/m0/s1. The third kappa shape index (κ3) is 4.91. The molecule has 0 unspecified atom stereocenters. The summed E-state index contributed by atoms with van der Waals surface area (Å²) in [6.45, 7) is 0. The van der Waals surface area contributed by atoms with E-state index >= 15 is 0 Å². The van der Waals surface area contributed by atoms with Crippen molar-refractivity contribution in [3.63, 3.8) is 0 Å². The van der Waals surface area contributed by atoms with E-state index in [1.165, 1.54) is 12.5 Å². The Bertz CT molecular complexity index is 1500. The Hall–Kier alpha value is -4.57. The number of fused-ring (bicyclic) bond motifs is 1. The number of nitrogens with one attached hydrogen (secondary N) is 2. The molecule has 1 fully saturated rings. The van der Waals surface area contributed by atoms with Gasteiger partial charge in [-0.2, -0.15) is 0 Å². The first-order valence-electron chi connectivity index (χ1n) is 11.5. The van der Waals surface area contributed by atoms with Gasteiger partial charge in [0.05, 0.1) is 7.11 Å². The Balaban J connectivity index is 1.46. The van der Waals surface area contributed by atoms with E-state index in [0.29, 0.717) is 5.56 Å². The minimum atomic E-state index is -1.16. The molecule has 10 heteroatoms. The Labute approximate surface area is 216 Å². The maximum absolute atomic E-state index is 13.5. The molecule has 4 amide bonds. The van der Waals surface area contributed by atoms with E-state index in [1.54, 1.807) is 24.3 Å². The minimum absolute atomic E-state index is 0.0491. The molecular weight excluding hydrogens is 492 g/mol. The molecule has 1 saturated heterocycles. The van der Waals surface area contributed by atoms with Gasteiger partial charge in [0.25, 0.3) is 5.91 Å². The van der Waals surface area contributed by atoms with Gasteiger partial charge in [-0.3, -0.25) is 9.59 Å². The molecule has 0 radical (unpaired) electrons. The number of methoxy groups -OCH3 is 1. The van der Waals surface area contributed by atoms with Crippen molar-refractivity contribution in [1.82, 2.24) is 15.2 Å². The molecule has 37 heavy (non-hydrogen) atoms. The zero-order chi connectivity index (χ0) is 25.9. The average Bonchev–Trinajstić information content (AvgIpc) is 3.51. The zero-order valence-electron chi connectivity index (χ0n) is 19.7. The number of hydrogen-bond donors (Lipinski definition) is 2. The summed E-state index contributed by atoms with van der Waals surface area (Å²) >= 11 is 1.04. The van der Waals surface area contributed by atoms with Gasteiger partial charge in [0, 0.05) is 11.8 Å². The lowest BCUT2D eigenvalue weighted by atomic mass is 9.99. The van der Waals surface area contributed by atoms with Crippen molar-refractivity contribution in [2.45, 2.75) is 18.5 Å². The second-order valence-electron chi connectivity index (χ2n) is 8.42. The number of hydrogen-bond acceptors (Lipinski definition) is 7. The molecule has 1 aliphatic heterocycles. The lowest BCUT2D eigenvalue weighted by Crippen LogP contribution is -2.49.